The van der Waals surface area contributed by atoms with Gasteiger partial charge in [0.15, 0.2) is 11.6 Å². The van der Waals surface area contributed by atoms with E-state index in [1.54, 1.807) is 11.9 Å². The highest BCUT2D eigenvalue weighted by atomic mass is 32.2. The van der Waals surface area contributed by atoms with Crippen molar-refractivity contribution in [2.45, 2.75) is 11.5 Å². The maximum Gasteiger partial charge on any atom is 0.201 e. The zero-order valence-electron chi connectivity index (χ0n) is 10.9. The first-order valence-corrected chi connectivity index (χ1v) is 6.94. The minimum absolute atomic E-state index is 0.0337. The van der Waals surface area contributed by atoms with E-state index in [4.69, 9.17) is 4.74 Å². The Balaban J connectivity index is 2.34. The van der Waals surface area contributed by atoms with Crippen LogP contribution in [-0.4, -0.2) is 29.0 Å². The molecule has 1 aromatic rings. The van der Waals surface area contributed by atoms with Gasteiger partial charge in [-0.3, -0.25) is 0 Å². The highest BCUT2D eigenvalue weighted by Gasteiger charge is 2.30. The van der Waals surface area contributed by atoms with Gasteiger partial charge in [-0.2, -0.15) is 4.39 Å². The van der Waals surface area contributed by atoms with Crippen LogP contribution in [0.4, 0.5) is 8.78 Å². The number of hydrogen-bond donors (Lipinski definition) is 1. The van der Waals surface area contributed by atoms with Crippen molar-refractivity contribution in [1.82, 2.24) is 4.90 Å². The number of ether oxygens (including phenoxy) is 1. The highest BCUT2D eigenvalue weighted by Crippen LogP contribution is 2.38. The number of likely N-dealkylation sites (N-methyl/N-ethyl adjacent to an activating group) is 1. The Kier molecular flexibility index (Phi) is 4.67. The number of aliphatic hydroxyl groups excluding tert-OH is 1. The van der Waals surface area contributed by atoms with Gasteiger partial charge in [0, 0.05) is 18.8 Å². The molecule has 20 heavy (non-hydrogen) atoms. The van der Waals surface area contributed by atoms with E-state index in [1.165, 1.54) is 23.9 Å². The van der Waals surface area contributed by atoms with Crippen molar-refractivity contribution in [3.8, 4) is 5.75 Å². The predicted molar refractivity (Wildman–Crippen MR) is 75.3 cm³/mol. The van der Waals surface area contributed by atoms with E-state index in [0.29, 0.717) is 0 Å². The zero-order valence-corrected chi connectivity index (χ0v) is 11.7. The summed E-state index contributed by atoms with van der Waals surface area (Å²) in [5, 5.41) is 11.9. The minimum atomic E-state index is -1.10. The van der Waals surface area contributed by atoms with Crippen molar-refractivity contribution >= 4 is 11.8 Å². The second-order valence-electron chi connectivity index (χ2n) is 4.30. The lowest BCUT2D eigenvalue weighted by Crippen LogP contribution is -2.27. The van der Waals surface area contributed by atoms with Crippen molar-refractivity contribution < 1.29 is 18.6 Å². The molecule has 0 radical (unpaired) electrons. The molecule has 1 aliphatic heterocycles. The van der Waals surface area contributed by atoms with Crippen LogP contribution in [0.5, 0.6) is 5.75 Å². The first-order valence-electron chi connectivity index (χ1n) is 6.00. The SMILES string of the molecule is C=CCOc1c(C(O)C2SC=CN2C)ccc(F)c1F. The second kappa shape index (κ2) is 6.28. The molecule has 2 rings (SSSR count). The Labute approximate surface area is 120 Å². The molecule has 3 nitrogen and oxygen atoms in total. The fourth-order valence-electron chi connectivity index (χ4n) is 1.91. The largest absolute Gasteiger partial charge is 0.486 e. The maximum absolute atomic E-state index is 13.8. The third-order valence-corrected chi connectivity index (χ3v) is 4.08. The van der Waals surface area contributed by atoms with Crippen LogP contribution in [0.25, 0.3) is 0 Å². The van der Waals surface area contributed by atoms with Crippen molar-refractivity contribution in [2.75, 3.05) is 13.7 Å². The molecule has 0 saturated carbocycles. The molecular weight excluding hydrogens is 284 g/mol. The van der Waals surface area contributed by atoms with Crippen LogP contribution >= 0.6 is 11.8 Å². The number of halogens is 2. The molecule has 0 aliphatic carbocycles. The molecule has 1 heterocycles. The first kappa shape index (κ1) is 14.9. The van der Waals surface area contributed by atoms with Crippen LogP contribution < -0.4 is 4.74 Å². The summed E-state index contributed by atoms with van der Waals surface area (Å²) in [6.45, 7) is 3.50. The summed E-state index contributed by atoms with van der Waals surface area (Å²) in [7, 11) is 1.80. The summed E-state index contributed by atoms with van der Waals surface area (Å²) >= 11 is 1.40. The number of aliphatic hydroxyl groups is 1. The molecule has 1 aliphatic rings. The lowest BCUT2D eigenvalue weighted by molar-refractivity contribution is 0.126. The smallest absolute Gasteiger partial charge is 0.201 e. The second-order valence-corrected chi connectivity index (χ2v) is 5.33. The zero-order chi connectivity index (χ0) is 14.7. The fraction of sp³-hybridized carbons (Fsp3) is 0.286. The molecule has 2 atom stereocenters. The summed E-state index contributed by atoms with van der Waals surface area (Å²) in [5.41, 5.74) is 0.221. The number of thioether (sulfide) groups is 1. The van der Waals surface area contributed by atoms with Gasteiger partial charge in [0.05, 0.1) is 0 Å². The fourth-order valence-corrected chi connectivity index (χ4v) is 2.89. The third kappa shape index (κ3) is 2.81. The van der Waals surface area contributed by atoms with Crippen molar-refractivity contribution in [1.29, 1.82) is 0 Å². The Bertz CT molecular complexity index is 536. The minimum Gasteiger partial charge on any atom is -0.486 e. The third-order valence-electron chi connectivity index (χ3n) is 2.93. The van der Waals surface area contributed by atoms with Crippen molar-refractivity contribution in [3.05, 3.63) is 53.6 Å². The van der Waals surface area contributed by atoms with Crippen LogP contribution in [0.15, 0.2) is 36.4 Å². The lowest BCUT2D eigenvalue weighted by Gasteiger charge is -2.26. The van der Waals surface area contributed by atoms with Gasteiger partial charge in [0.25, 0.3) is 0 Å². The predicted octanol–water partition coefficient (Wildman–Crippen LogP) is 3.04. The molecule has 0 aromatic heterocycles. The Morgan fingerprint density at radius 2 is 2.30 bits per heavy atom. The van der Waals surface area contributed by atoms with Gasteiger partial charge in [0.2, 0.25) is 5.82 Å². The van der Waals surface area contributed by atoms with Crippen LogP contribution in [-0.2, 0) is 0 Å². The Hall–Kier alpha value is -1.53. The average Bonchev–Trinajstić information content (AvgIpc) is 2.86. The van der Waals surface area contributed by atoms with E-state index in [0.717, 1.165) is 6.07 Å². The van der Waals surface area contributed by atoms with Gasteiger partial charge in [0.1, 0.15) is 18.1 Å². The van der Waals surface area contributed by atoms with Gasteiger partial charge >= 0.3 is 0 Å². The van der Waals surface area contributed by atoms with E-state index in [2.05, 4.69) is 6.58 Å². The van der Waals surface area contributed by atoms with E-state index < -0.39 is 17.7 Å². The van der Waals surface area contributed by atoms with Crippen molar-refractivity contribution in [3.63, 3.8) is 0 Å². The summed E-state index contributed by atoms with van der Waals surface area (Å²) in [6, 6.07) is 2.33. The van der Waals surface area contributed by atoms with Gasteiger partial charge in [-0.15, -0.1) is 11.8 Å². The molecule has 0 amide bonds. The van der Waals surface area contributed by atoms with Crippen LogP contribution in [0.1, 0.15) is 11.7 Å². The molecule has 108 valence electrons. The van der Waals surface area contributed by atoms with Gasteiger partial charge in [-0.05, 0) is 17.5 Å². The van der Waals surface area contributed by atoms with Gasteiger partial charge in [-0.25, -0.2) is 4.39 Å². The highest BCUT2D eigenvalue weighted by molar-refractivity contribution is 8.02. The molecule has 1 N–H and O–H groups in total. The lowest BCUT2D eigenvalue weighted by atomic mass is 10.1. The maximum atomic E-state index is 13.8. The van der Waals surface area contributed by atoms with Crippen LogP contribution in [0.3, 0.4) is 0 Å². The summed E-state index contributed by atoms with van der Waals surface area (Å²) < 4.78 is 32.3. The number of rotatable bonds is 5. The number of benzene rings is 1. The molecule has 0 saturated heterocycles. The molecule has 6 heteroatoms. The first-order chi connectivity index (χ1) is 9.56. The van der Waals surface area contributed by atoms with E-state index in [-0.39, 0.29) is 23.3 Å². The van der Waals surface area contributed by atoms with Gasteiger partial charge in [-0.1, -0.05) is 12.7 Å². The molecule has 0 fully saturated rings. The molecule has 2 unspecified atom stereocenters. The van der Waals surface area contributed by atoms with E-state index in [9.17, 15) is 13.9 Å². The molecule has 0 spiro atoms. The summed E-state index contributed by atoms with van der Waals surface area (Å²) in [4.78, 5) is 1.80. The van der Waals surface area contributed by atoms with Crippen LogP contribution in [0, 0.1) is 11.6 Å². The number of hydrogen-bond acceptors (Lipinski definition) is 4. The number of nitrogens with zero attached hydrogens (tertiary/aromatic N) is 1. The molecule has 0 bridgehead atoms. The topological polar surface area (TPSA) is 32.7 Å². The van der Waals surface area contributed by atoms with E-state index >= 15 is 0 Å². The molecular formula is C14H15F2NO2S. The quantitative estimate of drug-likeness (QED) is 0.847. The average molecular weight is 299 g/mol. The molecule has 1 aromatic carbocycles. The summed E-state index contributed by atoms with van der Waals surface area (Å²) in [6.07, 6.45) is 2.23. The van der Waals surface area contributed by atoms with Crippen LogP contribution in [0.2, 0.25) is 0 Å². The van der Waals surface area contributed by atoms with Crippen molar-refractivity contribution in [2.24, 2.45) is 0 Å². The normalized spacial score (nSPS) is 19.2. The monoisotopic (exact) mass is 299 g/mol. The van der Waals surface area contributed by atoms with Gasteiger partial charge < -0.3 is 14.7 Å². The van der Waals surface area contributed by atoms with E-state index in [1.807, 2.05) is 11.6 Å². The Morgan fingerprint density at radius 1 is 1.55 bits per heavy atom. The standard InChI is InChI=1S/C14H15F2NO2S/c1-3-7-19-13-9(4-5-10(15)11(13)16)12(18)14-17(2)6-8-20-14/h3-6,8,12,14,18H,1,7H2,2H3. The Morgan fingerprint density at radius 3 is 2.90 bits per heavy atom. The summed E-state index contributed by atoms with van der Waals surface area (Å²) in [5.74, 6) is -2.37.